The molecule has 0 atom stereocenters. The van der Waals surface area contributed by atoms with Gasteiger partial charge in [0.2, 0.25) is 0 Å². The predicted molar refractivity (Wildman–Crippen MR) is 79.1 cm³/mol. The molecule has 6 heteroatoms. The highest BCUT2D eigenvalue weighted by atomic mass is 127. The zero-order chi connectivity index (χ0) is 13.9. The van der Waals surface area contributed by atoms with Crippen molar-refractivity contribution in [2.45, 2.75) is 46.4 Å². The van der Waals surface area contributed by atoms with Crippen LogP contribution < -0.4 is 11.2 Å². The van der Waals surface area contributed by atoms with Crippen molar-refractivity contribution in [3.8, 4) is 0 Å². The van der Waals surface area contributed by atoms with E-state index in [0.29, 0.717) is 16.7 Å². The number of nitrogens with zero attached hydrogens (tertiary/aromatic N) is 2. The highest BCUT2D eigenvalue weighted by molar-refractivity contribution is 14.1. The molecule has 0 saturated heterocycles. The zero-order valence-electron chi connectivity index (χ0n) is 11.2. The van der Waals surface area contributed by atoms with E-state index < -0.39 is 0 Å². The summed E-state index contributed by atoms with van der Waals surface area (Å²) in [5, 5.41) is 0. The van der Waals surface area contributed by atoms with E-state index in [-0.39, 0.29) is 23.4 Å². The SMILES string of the molecule is CCn1cc(I)c(=O)n(CCOC(C)(C)C)c1=O. The van der Waals surface area contributed by atoms with E-state index in [2.05, 4.69) is 0 Å². The summed E-state index contributed by atoms with van der Waals surface area (Å²) in [5.74, 6) is 0. The Morgan fingerprint density at radius 3 is 2.44 bits per heavy atom. The minimum absolute atomic E-state index is 0.247. The number of rotatable bonds is 4. The number of hydrogen-bond donors (Lipinski definition) is 0. The lowest BCUT2D eigenvalue weighted by atomic mass is 10.2. The van der Waals surface area contributed by atoms with Crippen molar-refractivity contribution in [2.24, 2.45) is 0 Å². The zero-order valence-corrected chi connectivity index (χ0v) is 13.4. The van der Waals surface area contributed by atoms with Crippen LogP contribution in [0.25, 0.3) is 0 Å². The van der Waals surface area contributed by atoms with E-state index in [1.807, 2.05) is 50.3 Å². The third kappa shape index (κ3) is 3.94. The van der Waals surface area contributed by atoms with E-state index in [4.69, 9.17) is 4.74 Å². The van der Waals surface area contributed by atoms with Crippen molar-refractivity contribution < 1.29 is 4.74 Å². The molecular weight excluding hydrogens is 347 g/mol. The van der Waals surface area contributed by atoms with Gasteiger partial charge in [-0.15, -0.1) is 0 Å². The van der Waals surface area contributed by atoms with Gasteiger partial charge in [-0.3, -0.25) is 13.9 Å². The van der Waals surface area contributed by atoms with E-state index >= 15 is 0 Å². The van der Waals surface area contributed by atoms with Crippen molar-refractivity contribution in [2.75, 3.05) is 6.61 Å². The first-order valence-corrected chi connectivity index (χ1v) is 6.98. The van der Waals surface area contributed by atoms with Crippen LogP contribution in [0.2, 0.25) is 0 Å². The van der Waals surface area contributed by atoms with Crippen LogP contribution in [0.15, 0.2) is 15.8 Å². The fourth-order valence-electron chi connectivity index (χ4n) is 1.48. The Kier molecular flexibility index (Phi) is 5.15. The fraction of sp³-hybridized carbons (Fsp3) is 0.667. The number of ether oxygens (including phenoxy) is 1. The Morgan fingerprint density at radius 2 is 1.94 bits per heavy atom. The molecule has 0 aliphatic rings. The third-order valence-corrected chi connectivity index (χ3v) is 3.13. The summed E-state index contributed by atoms with van der Waals surface area (Å²) < 4.78 is 8.85. The van der Waals surface area contributed by atoms with Gasteiger partial charge < -0.3 is 4.74 Å². The van der Waals surface area contributed by atoms with Gasteiger partial charge in [0, 0.05) is 12.7 Å². The summed E-state index contributed by atoms with van der Waals surface area (Å²) in [7, 11) is 0. The van der Waals surface area contributed by atoms with E-state index in [9.17, 15) is 9.59 Å². The van der Waals surface area contributed by atoms with Gasteiger partial charge in [0.15, 0.2) is 0 Å². The van der Waals surface area contributed by atoms with Crippen LogP contribution in [0.1, 0.15) is 27.7 Å². The maximum Gasteiger partial charge on any atom is 0.331 e. The van der Waals surface area contributed by atoms with Crippen LogP contribution >= 0.6 is 22.6 Å². The molecule has 1 heterocycles. The molecule has 0 radical (unpaired) electrons. The lowest BCUT2D eigenvalue weighted by molar-refractivity contribution is -0.00767. The molecule has 0 amide bonds. The summed E-state index contributed by atoms with van der Waals surface area (Å²) in [6.45, 7) is 8.87. The Balaban J connectivity index is 2.99. The molecule has 1 rings (SSSR count). The van der Waals surface area contributed by atoms with Gasteiger partial charge >= 0.3 is 5.69 Å². The molecule has 0 aliphatic carbocycles. The van der Waals surface area contributed by atoms with E-state index in [0.717, 1.165) is 0 Å². The normalized spacial score (nSPS) is 11.8. The smallest absolute Gasteiger partial charge is 0.331 e. The first-order valence-electron chi connectivity index (χ1n) is 5.90. The lowest BCUT2D eigenvalue weighted by Crippen LogP contribution is -2.42. The van der Waals surface area contributed by atoms with Gasteiger partial charge in [0.25, 0.3) is 5.56 Å². The molecule has 0 bridgehead atoms. The summed E-state index contributed by atoms with van der Waals surface area (Å²) in [6, 6.07) is 0. The second-order valence-corrected chi connectivity index (χ2v) is 6.13. The Labute approximate surface area is 120 Å². The van der Waals surface area contributed by atoms with E-state index in [1.165, 1.54) is 9.13 Å². The number of halogens is 1. The highest BCUT2D eigenvalue weighted by Gasteiger charge is 2.12. The fourth-order valence-corrected chi connectivity index (χ4v) is 2.11. The Morgan fingerprint density at radius 1 is 1.33 bits per heavy atom. The van der Waals surface area contributed by atoms with Gasteiger partial charge in [-0.2, -0.15) is 0 Å². The largest absolute Gasteiger partial charge is 0.374 e. The highest BCUT2D eigenvalue weighted by Crippen LogP contribution is 2.05. The molecule has 1 aromatic rings. The molecule has 0 unspecified atom stereocenters. The molecule has 18 heavy (non-hydrogen) atoms. The molecule has 0 aliphatic heterocycles. The number of hydrogen-bond acceptors (Lipinski definition) is 3. The first kappa shape index (κ1) is 15.4. The van der Waals surface area contributed by atoms with Crippen LogP contribution in [-0.4, -0.2) is 21.3 Å². The van der Waals surface area contributed by atoms with Crippen LogP contribution in [-0.2, 0) is 17.8 Å². The van der Waals surface area contributed by atoms with Gasteiger partial charge in [-0.1, -0.05) is 0 Å². The summed E-state index contributed by atoms with van der Waals surface area (Å²) in [4.78, 5) is 23.9. The molecule has 0 N–H and O–H groups in total. The number of aromatic nitrogens is 2. The summed E-state index contributed by atoms with van der Waals surface area (Å²) >= 11 is 1.95. The average Bonchev–Trinajstić information content (AvgIpc) is 2.26. The van der Waals surface area contributed by atoms with Crippen LogP contribution in [0.4, 0.5) is 0 Å². The van der Waals surface area contributed by atoms with Gasteiger partial charge in [0.05, 0.1) is 22.3 Å². The van der Waals surface area contributed by atoms with Crippen molar-refractivity contribution in [1.29, 1.82) is 0 Å². The molecule has 1 aromatic heterocycles. The molecule has 0 aromatic carbocycles. The number of aryl methyl sites for hydroxylation is 1. The second kappa shape index (κ2) is 6.01. The van der Waals surface area contributed by atoms with Crippen molar-refractivity contribution in [3.05, 3.63) is 30.6 Å². The minimum Gasteiger partial charge on any atom is -0.374 e. The van der Waals surface area contributed by atoms with E-state index in [1.54, 1.807) is 6.20 Å². The molecule has 0 fully saturated rings. The molecule has 5 nitrogen and oxygen atoms in total. The Bertz CT molecular complexity index is 526. The maximum absolute atomic E-state index is 12.0. The summed E-state index contributed by atoms with van der Waals surface area (Å²) in [6.07, 6.45) is 1.59. The van der Waals surface area contributed by atoms with Crippen molar-refractivity contribution in [3.63, 3.8) is 0 Å². The van der Waals surface area contributed by atoms with Crippen molar-refractivity contribution in [1.82, 2.24) is 9.13 Å². The quantitative estimate of drug-likeness (QED) is 0.758. The minimum atomic E-state index is -0.277. The topological polar surface area (TPSA) is 53.2 Å². The standard InChI is InChI=1S/C12H19IN2O3/c1-5-14-8-9(13)10(16)15(11(14)17)6-7-18-12(2,3)4/h8H,5-7H2,1-4H3. The molecular formula is C12H19IN2O3. The third-order valence-electron chi connectivity index (χ3n) is 2.39. The van der Waals surface area contributed by atoms with Gasteiger partial charge in [-0.05, 0) is 50.3 Å². The van der Waals surface area contributed by atoms with Gasteiger partial charge in [0.1, 0.15) is 0 Å². The van der Waals surface area contributed by atoms with Crippen LogP contribution in [0, 0.1) is 3.57 Å². The average molecular weight is 366 g/mol. The predicted octanol–water partition coefficient (Wildman–Crippen LogP) is 1.45. The molecule has 0 saturated carbocycles. The lowest BCUT2D eigenvalue weighted by Gasteiger charge is -2.19. The van der Waals surface area contributed by atoms with Crippen molar-refractivity contribution >= 4 is 22.6 Å². The second-order valence-electron chi connectivity index (χ2n) is 4.96. The first-order chi connectivity index (χ1) is 8.26. The monoisotopic (exact) mass is 366 g/mol. The molecule has 102 valence electrons. The Hall–Kier alpha value is -0.630. The van der Waals surface area contributed by atoms with Crippen LogP contribution in [0.5, 0.6) is 0 Å². The molecule has 0 spiro atoms. The van der Waals surface area contributed by atoms with Crippen LogP contribution in [0.3, 0.4) is 0 Å². The summed E-state index contributed by atoms with van der Waals surface area (Å²) in [5.41, 5.74) is -0.793. The van der Waals surface area contributed by atoms with Gasteiger partial charge in [-0.25, -0.2) is 4.79 Å². The maximum atomic E-state index is 12.0.